The number of carbonyl (C=O) groups is 2. The topological polar surface area (TPSA) is 71.4 Å². The average Bonchev–Trinajstić information content (AvgIpc) is 3.44. The molecule has 142 valence electrons. The van der Waals surface area contributed by atoms with E-state index in [4.69, 9.17) is 11.6 Å². The van der Waals surface area contributed by atoms with Crippen molar-refractivity contribution in [2.45, 2.75) is 32.2 Å². The molecule has 6 nitrogen and oxygen atoms in total. The zero-order valence-electron chi connectivity index (χ0n) is 14.8. The molecule has 0 bridgehead atoms. The van der Waals surface area contributed by atoms with E-state index in [2.05, 4.69) is 5.32 Å². The van der Waals surface area contributed by atoms with Crippen molar-refractivity contribution >= 4 is 39.9 Å². The van der Waals surface area contributed by atoms with Gasteiger partial charge in [0.25, 0.3) is 0 Å². The van der Waals surface area contributed by atoms with E-state index in [0.717, 1.165) is 12.8 Å². The maximum atomic E-state index is 15.0. The number of aromatic nitrogens is 1. The van der Waals surface area contributed by atoms with Crippen LogP contribution in [0.25, 0.3) is 10.9 Å². The SMILES string of the molecule is CC(=O)c1cn(C2CC2)c2c(Cl)c(N3CCNC(=O)CC3)c(F)cc2c1=O. The van der Waals surface area contributed by atoms with Crippen molar-refractivity contribution in [3.8, 4) is 0 Å². The first kappa shape index (κ1) is 18.0. The van der Waals surface area contributed by atoms with Crippen LogP contribution in [0, 0.1) is 5.82 Å². The fourth-order valence-electron chi connectivity index (χ4n) is 3.60. The number of pyridine rings is 1. The lowest BCUT2D eigenvalue weighted by Gasteiger charge is -2.25. The lowest BCUT2D eigenvalue weighted by Crippen LogP contribution is -2.29. The number of halogens is 2. The zero-order valence-corrected chi connectivity index (χ0v) is 15.6. The Kier molecular flexibility index (Phi) is 4.42. The normalized spacial score (nSPS) is 17.7. The Labute approximate surface area is 159 Å². The predicted octanol–water partition coefficient (Wildman–Crippen LogP) is 2.66. The van der Waals surface area contributed by atoms with E-state index >= 15 is 0 Å². The van der Waals surface area contributed by atoms with E-state index in [0.29, 0.717) is 25.2 Å². The summed E-state index contributed by atoms with van der Waals surface area (Å²) < 4.78 is 16.8. The van der Waals surface area contributed by atoms with E-state index in [1.165, 1.54) is 13.0 Å². The highest BCUT2D eigenvalue weighted by Gasteiger charge is 2.30. The number of Topliss-reactive ketones (excluding diaryl/α,β-unsaturated/α-hetero) is 1. The van der Waals surface area contributed by atoms with Gasteiger partial charge in [0.05, 0.1) is 27.2 Å². The highest BCUT2D eigenvalue weighted by Crippen LogP contribution is 2.42. The summed E-state index contributed by atoms with van der Waals surface area (Å²) in [5.41, 5.74) is 0.191. The Balaban J connectivity index is 1.96. The Morgan fingerprint density at radius 3 is 2.70 bits per heavy atom. The first-order valence-electron chi connectivity index (χ1n) is 8.98. The molecule has 2 aromatic rings. The zero-order chi connectivity index (χ0) is 19.3. The highest BCUT2D eigenvalue weighted by atomic mass is 35.5. The molecule has 0 radical (unpaired) electrons. The summed E-state index contributed by atoms with van der Waals surface area (Å²) in [6.07, 6.45) is 3.62. The van der Waals surface area contributed by atoms with E-state index < -0.39 is 11.2 Å². The van der Waals surface area contributed by atoms with Crippen molar-refractivity contribution < 1.29 is 14.0 Å². The van der Waals surface area contributed by atoms with E-state index in [1.807, 2.05) is 4.57 Å². The van der Waals surface area contributed by atoms with Gasteiger partial charge in [0, 0.05) is 38.3 Å². The Bertz CT molecular complexity index is 1030. The van der Waals surface area contributed by atoms with Crippen molar-refractivity contribution in [1.29, 1.82) is 0 Å². The van der Waals surface area contributed by atoms with E-state index in [1.54, 1.807) is 11.1 Å². The molecule has 0 spiro atoms. The number of hydrogen-bond donors (Lipinski definition) is 1. The standard InChI is InChI=1S/C19H19ClFN3O3/c1-10(25)13-9-24(11-2-3-11)17-12(19(13)27)8-14(21)18(16(17)20)23-6-4-15(26)22-5-7-23/h8-9,11H,2-7H2,1H3,(H,22,26). The number of fused-ring (bicyclic) bond motifs is 1. The molecule has 0 atom stereocenters. The third-order valence-electron chi connectivity index (χ3n) is 5.13. The third-order valence-corrected chi connectivity index (χ3v) is 5.49. The van der Waals surface area contributed by atoms with Crippen LogP contribution in [0.5, 0.6) is 0 Å². The summed E-state index contributed by atoms with van der Waals surface area (Å²) in [4.78, 5) is 37.9. The van der Waals surface area contributed by atoms with Crippen LogP contribution >= 0.6 is 11.6 Å². The quantitative estimate of drug-likeness (QED) is 0.816. The first-order chi connectivity index (χ1) is 12.9. The molecule has 2 heterocycles. The lowest BCUT2D eigenvalue weighted by atomic mass is 10.1. The van der Waals surface area contributed by atoms with Crippen LogP contribution in [0.3, 0.4) is 0 Å². The predicted molar refractivity (Wildman–Crippen MR) is 101 cm³/mol. The fraction of sp³-hybridized carbons (Fsp3) is 0.421. The van der Waals surface area contributed by atoms with Crippen molar-refractivity contribution in [3.63, 3.8) is 0 Å². The molecule has 1 N–H and O–H groups in total. The second-order valence-electron chi connectivity index (χ2n) is 7.07. The molecule has 1 aromatic carbocycles. The largest absolute Gasteiger partial charge is 0.366 e. The van der Waals surface area contributed by atoms with E-state index in [9.17, 15) is 18.8 Å². The molecule has 8 heteroatoms. The molecular formula is C19H19ClFN3O3. The summed E-state index contributed by atoms with van der Waals surface area (Å²) in [6, 6.07) is 1.32. The molecule has 2 fully saturated rings. The number of nitrogens with one attached hydrogen (secondary N) is 1. The number of amides is 1. The van der Waals surface area contributed by atoms with Crippen LogP contribution < -0.4 is 15.6 Å². The number of nitrogens with zero attached hydrogens (tertiary/aromatic N) is 2. The minimum atomic E-state index is -0.623. The van der Waals surface area contributed by atoms with Crippen molar-refractivity contribution in [2.75, 3.05) is 24.5 Å². The summed E-state index contributed by atoms with van der Waals surface area (Å²) in [6.45, 7) is 2.49. The summed E-state index contributed by atoms with van der Waals surface area (Å²) in [5, 5.41) is 3.02. The second-order valence-corrected chi connectivity index (χ2v) is 7.45. The van der Waals surface area contributed by atoms with Crippen molar-refractivity contribution in [3.05, 3.63) is 38.9 Å². The Morgan fingerprint density at radius 2 is 2.04 bits per heavy atom. The number of benzene rings is 1. The minimum Gasteiger partial charge on any atom is -0.366 e. The molecule has 4 rings (SSSR count). The molecule has 1 aliphatic heterocycles. The molecule has 1 aromatic heterocycles. The van der Waals surface area contributed by atoms with Crippen LogP contribution in [-0.4, -0.2) is 35.9 Å². The maximum Gasteiger partial charge on any atom is 0.221 e. The Hall–Kier alpha value is -2.41. The van der Waals surface area contributed by atoms with Gasteiger partial charge in [-0.15, -0.1) is 0 Å². The number of rotatable bonds is 3. The summed E-state index contributed by atoms with van der Waals surface area (Å²) in [7, 11) is 0. The van der Waals surface area contributed by atoms with Crippen LogP contribution in [0.1, 0.15) is 42.6 Å². The molecule has 27 heavy (non-hydrogen) atoms. The van der Waals surface area contributed by atoms with Gasteiger partial charge in [0.2, 0.25) is 5.91 Å². The number of carbonyl (C=O) groups excluding carboxylic acids is 2. The summed E-state index contributed by atoms with van der Waals surface area (Å²) in [5.74, 6) is -1.06. The van der Waals surface area contributed by atoms with Gasteiger partial charge in [-0.05, 0) is 25.8 Å². The van der Waals surface area contributed by atoms with Gasteiger partial charge in [0.1, 0.15) is 5.82 Å². The van der Waals surface area contributed by atoms with Gasteiger partial charge in [-0.3, -0.25) is 14.4 Å². The van der Waals surface area contributed by atoms with Gasteiger partial charge < -0.3 is 14.8 Å². The van der Waals surface area contributed by atoms with Gasteiger partial charge in [-0.25, -0.2) is 4.39 Å². The van der Waals surface area contributed by atoms with Crippen LogP contribution in [0.4, 0.5) is 10.1 Å². The molecule has 1 saturated heterocycles. The molecule has 2 aliphatic rings. The van der Waals surface area contributed by atoms with Crippen LogP contribution in [0.15, 0.2) is 17.1 Å². The first-order valence-corrected chi connectivity index (χ1v) is 9.35. The highest BCUT2D eigenvalue weighted by molar-refractivity contribution is 6.38. The van der Waals surface area contributed by atoms with Gasteiger partial charge in [0.15, 0.2) is 11.2 Å². The Morgan fingerprint density at radius 1 is 1.30 bits per heavy atom. The van der Waals surface area contributed by atoms with Crippen LogP contribution in [-0.2, 0) is 4.79 Å². The second kappa shape index (κ2) is 6.64. The fourth-order valence-corrected chi connectivity index (χ4v) is 4.01. The smallest absolute Gasteiger partial charge is 0.221 e. The summed E-state index contributed by atoms with van der Waals surface area (Å²) >= 11 is 6.62. The third kappa shape index (κ3) is 3.10. The average molecular weight is 392 g/mol. The van der Waals surface area contributed by atoms with E-state index in [-0.39, 0.29) is 45.8 Å². The molecule has 0 unspecified atom stereocenters. The molecule has 1 saturated carbocycles. The van der Waals surface area contributed by atoms with Crippen molar-refractivity contribution in [2.24, 2.45) is 0 Å². The molecular weight excluding hydrogens is 373 g/mol. The monoisotopic (exact) mass is 391 g/mol. The van der Waals surface area contributed by atoms with Gasteiger partial charge in [-0.1, -0.05) is 11.6 Å². The molecule has 1 aliphatic carbocycles. The number of ketones is 1. The number of anilines is 1. The van der Waals surface area contributed by atoms with Gasteiger partial charge in [-0.2, -0.15) is 0 Å². The number of hydrogen-bond acceptors (Lipinski definition) is 4. The minimum absolute atomic E-state index is 0.0437. The van der Waals surface area contributed by atoms with Crippen molar-refractivity contribution in [1.82, 2.24) is 9.88 Å². The van der Waals surface area contributed by atoms with Crippen LogP contribution in [0.2, 0.25) is 5.02 Å². The maximum absolute atomic E-state index is 15.0. The van der Waals surface area contributed by atoms with Gasteiger partial charge >= 0.3 is 0 Å². The molecule has 1 amide bonds. The lowest BCUT2D eigenvalue weighted by molar-refractivity contribution is -0.120.